The second kappa shape index (κ2) is 8.92. The van der Waals surface area contributed by atoms with Gasteiger partial charge in [-0.2, -0.15) is 0 Å². The molecule has 1 N–H and O–H groups in total. The van der Waals surface area contributed by atoms with Gasteiger partial charge in [0, 0.05) is 13.1 Å². The van der Waals surface area contributed by atoms with Gasteiger partial charge in [0.2, 0.25) is 0 Å². The van der Waals surface area contributed by atoms with Crippen LogP contribution in [0.4, 0.5) is 0 Å². The molecule has 2 nitrogen and oxygen atoms in total. The summed E-state index contributed by atoms with van der Waals surface area (Å²) in [5.41, 5.74) is 0. The highest BCUT2D eigenvalue weighted by Crippen LogP contribution is 2.24. The van der Waals surface area contributed by atoms with Crippen LogP contribution in [0.3, 0.4) is 0 Å². The first-order valence-electron chi connectivity index (χ1n) is 8.02. The van der Waals surface area contributed by atoms with Crippen molar-refractivity contribution in [3.05, 3.63) is 0 Å². The number of hydrogen-bond donors (Lipinski definition) is 1. The Balaban J connectivity index is 2.08. The summed E-state index contributed by atoms with van der Waals surface area (Å²) < 4.78 is 0. The van der Waals surface area contributed by atoms with Crippen molar-refractivity contribution in [1.29, 1.82) is 0 Å². The number of rotatable bonds is 7. The molecule has 0 aromatic carbocycles. The number of nitrogens with one attached hydrogen (secondary N) is 1. The molecule has 1 fully saturated rings. The summed E-state index contributed by atoms with van der Waals surface area (Å²) in [7, 11) is 0. The van der Waals surface area contributed by atoms with Crippen LogP contribution in [0.25, 0.3) is 0 Å². The van der Waals surface area contributed by atoms with Crippen LogP contribution in [-0.2, 0) is 0 Å². The molecule has 0 aromatic rings. The predicted octanol–water partition coefficient (Wildman–Crippen LogP) is 3.38. The van der Waals surface area contributed by atoms with Crippen LogP contribution in [0.5, 0.6) is 0 Å². The molecule has 1 aliphatic heterocycles. The van der Waals surface area contributed by atoms with Crippen molar-refractivity contribution in [3.8, 4) is 0 Å². The van der Waals surface area contributed by atoms with Gasteiger partial charge in [-0.3, -0.25) is 0 Å². The lowest BCUT2D eigenvalue weighted by Crippen LogP contribution is -2.33. The van der Waals surface area contributed by atoms with E-state index in [-0.39, 0.29) is 0 Å². The monoisotopic (exact) mass is 254 g/mol. The molecule has 108 valence electrons. The van der Waals surface area contributed by atoms with Crippen LogP contribution in [0.2, 0.25) is 0 Å². The highest BCUT2D eigenvalue weighted by atomic mass is 15.1. The van der Waals surface area contributed by atoms with E-state index in [4.69, 9.17) is 0 Å². The molecule has 0 saturated carbocycles. The third-order valence-corrected chi connectivity index (χ3v) is 4.31. The Bertz CT molecular complexity index is 201. The zero-order chi connectivity index (χ0) is 13.4. The van der Waals surface area contributed by atoms with E-state index >= 15 is 0 Å². The molecule has 0 amide bonds. The Kier molecular flexibility index (Phi) is 7.92. The SMILES string of the molecule is CC(C)CCNCCN1CCCC(C(C)C)CC1. The molecule has 1 unspecified atom stereocenters. The third kappa shape index (κ3) is 6.75. The van der Waals surface area contributed by atoms with Crippen molar-refractivity contribution < 1.29 is 0 Å². The molecule has 0 aliphatic carbocycles. The normalized spacial score (nSPS) is 22.7. The molecule has 1 atom stereocenters. The van der Waals surface area contributed by atoms with E-state index in [1.807, 2.05) is 0 Å². The van der Waals surface area contributed by atoms with Crippen LogP contribution >= 0.6 is 0 Å². The van der Waals surface area contributed by atoms with Gasteiger partial charge in [0.15, 0.2) is 0 Å². The summed E-state index contributed by atoms with van der Waals surface area (Å²) in [5.74, 6) is 2.65. The first-order chi connectivity index (χ1) is 8.59. The summed E-state index contributed by atoms with van der Waals surface area (Å²) in [6.45, 7) is 15.6. The average Bonchev–Trinajstić information content (AvgIpc) is 2.53. The third-order valence-electron chi connectivity index (χ3n) is 4.31. The Labute approximate surface area is 115 Å². The highest BCUT2D eigenvalue weighted by molar-refractivity contribution is 4.72. The predicted molar refractivity (Wildman–Crippen MR) is 80.9 cm³/mol. The molecule has 18 heavy (non-hydrogen) atoms. The Hall–Kier alpha value is -0.0800. The first-order valence-corrected chi connectivity index (χ1v) is 8.02. The van der Waals surface area contributed by atoms with Crippen LogP contribution in [-0.4, -0.2) is 37.6 Å². The van der Waals surface area contributed by atoms with Crippen molar-refractivity contribution in [3.63, 3.8) is 0 Å². The van der Waals surface area contributed by atoms with Gasteiger partial charge in [-0.05, 0) is 63.1 Å². The van der Waals surface area contributed by atoms with E-state index < -0.39 is 0 Å². The molecule has 1 saturated heterocycles. The fraction of sp³-hybridized carbons (Fsp3) is 1.00. The fourth-order valence-corrected chi connectivity index (χ4v) is 2.82. The van der Waals surface area contributed by atoms with Gasteiger partial charge >= 0.3 is 0 Å². The Morgan fingerprint density at radius 3 is 2.50 bits per heavy atom. The molecule has 1 aliphatic rings. The molecule has 1 rings (SSSR count). The van der Waals surface area contributed by atoms with Gasteiger partial charge in [0.25, 0.3) is 0 Å². The van der Waals surface area contributed by atoms with E-state index in [1.54, 1.807) is 0 Å². The van der Waals surface area contributed by atoms with Crippen LogP contribution in [0.1, 0.15) is 53.4 Å². The molecule has 0 radical (unpaired) electrons. The second-order valence-electron chi connectivity index (χ2n) is 6.71. The van der Waals surface area contributed by atoms with Crippen molar-refractivity contribution in [2.24, 2.45) is 17.8 Å². The molecule has 2 heteroatoms. The number of hydrogen-bond acceptors (Lipinski definition) is 2. The average molecular weight is 254 g/mol. The summed E-state index contributed by atoms with van der Waals surface area (Å²) in [5, 5.41) is 3.58. The maximum absolute atomic E-state index is 3.58. The number of nitrogens with zero attached hydrogens (tertiary/aromatic N) is 1. The van der Waals surface area contributed by atoms with Crippen molar-refractivity contribution in [2.45, 2.75) is 53.4 Å². The van der Waals surface area contributed by atoms with E-state index in [1.165, 1.54) is 58.4 Å². The minimum atomic E-state index is 0.822. The standard InChI is InChI=1S/C16H34N2/c1-14(2)7-9-17-10-13-18-11-5-6-16(8-12-18)15(3)4/h14-17H,5-13H2,1-4H3. The molecule has 0 aromatic heterocycles. The van der Waals surface area contributed by atoms with Gasteiger partial charge in [-0.1, -0.05) is 27.7 Å². The fourth-order valence-electron chi connectivity index (χ4n) is 2.82. The van der Waals surface area contributed by atoms with Gasteiger partial charge in [0.05, 0.1) is 0 Å². The zero-order valence-corrected chi connectivity index (χ0v) is 13.0. The van der Waals surface area contributed by atoms with Gasteiger partial charge in [0.1, 0.15) is 0 Å². The number of likely N-dealkylation sites (tertiary alicyclic amines) is 1. The Morgan fingerprint density at radius 2 is 1.83 bits per heavy atom. The summed E-state index contributed by atoms with van der Waals surface area (Å²) >= 11 is 0. The summed E-state index contributed by atoms with van der Waals surface area (Å²) in [6, 6.07) is 0. The summed E-state index contributed by atoms with van der Waals surface area (Å²) in [4.78, 5) is 2.66. The lowest BCUT2D eigenvalue weighted by molar-refractivity contribution is 0.271. The van der Waals surface area contributed by atoms with E-state index in [9.17, 15) is 0 Å². The first kappa shape index (κ1) is 16.0. The highest BCUT2D eigenvalue weighted by Gasteiger charge is 2.18. The van der Waals surface area contributed by atoms with E-state index in [2.05, 4.69) is 37.9 Å². The van der Waals surface area contributed by atoms with Crippen molar-refractivity contribution >= 4 is 0 Å². The van der Waals surface area contributed by atoms with Crippen molar-refractivity contribution in [2.75, 3.05) is 32.7 Å². The second-order valence-corrected chi connectivity index (χ2v) is 6.71. The quantitative estimate of drug-likeness (QED) is 0.701. The topological polar surface area (TPSA) is 15.3 Å². The van der Waals surface area contributed by atoms with Gasteiger partial charge in [-0.25, -0.2) is 0 Å². The molecule has 1 heterocycles. The van der Waals surface area contributed by atoms with Crippen LogP contribution in [0.15, 0.2) is 0 Å². The lowest BCUT2D eigenvalue weighted by atomic mass is 9.89. The molecule has 0 bridgehead atoms. The van der Waals surface area contributed by atoms with E-state index in [0.29, 0.717) is 0 Å². The van der Waals surface area contributed by atoms with Crippen LogP contribution in [0, 0.1) is 17.8 Å². The van der Waals surface area contributed by atoms with Crippen LogP contribution < -0.4 is 5.32 Å². The van der Waals surface area contributed by atoms with Gasteiger partial charge in [-0.15, -0.1) is 0 Å². The summed E-state index contributed by atoms with van der Waals surface area (Å²) in [6.07, 6.45) is 5.54. The smallest absolute Gasteiger partial charge is 0.0107 e. The minimum absolute atomic E-state index is 0.822. The van der Waals surface area contributed by atoms with E-state index in [0.717, 1.165) is 17.8 Å². The Morgan fingerprint density at radius 1 is 1.06 bits per heavy atom. The molecular weight excluding hydrogens is 220 g/mol. The van der Waals surface area contributed by atoms with Crippen molar-refractivity contribution in [1.82, 2.24) is 10.2 Å². The zero-order valence-electron chi connectivity index (χ0n) is 13.0. The van der Waals surface area contributed by atoms with Gasteiger partial charge < -0.3 is 10.2 Å². The minimum Gasteiger partial charge on any atom is -0.315 e. The largest absolute Gasteiger partial charge is 0.315 e. The lowest BCUT2D eigenvalue weighted by Gasteiger charge is -2.21. The maximum atomic E-state index is 3.58. The molecule has 0 spiro atoms. The maximum Gasteiger partial charge on any atom is 0.0107 e. The molecular formula is C16H34N2.